The van der Waals surface area contributed by atoms with Gasteiger partial charge in [-0.2, -0.15) is 12.6 Å². The molecule has 1 aromatic heterocycles. The number of thiol groups is 1. The Morgan fingerprint density at radius 3 is 2.67 bits per heavy atom. The van der Waals surface area contributed by atoms with Crippen molar-refractivity contribution in [3.63, 3.8) is 0 Å². The highest BCUT2D eigenvalue weighted by Gasteiger charge is 2.44. The van der Waals surface area contributed by atoms with Crippen LogP contribution in [-0.2, 0) is 24.0 Å². The van der Waals surface area contributed by atoms with E-state index in [1.165, 1.54) is 17.3 Å². The fourth-order valence-corrected chi connectivity index (χ4v) is 2.87. The number of aromatic nitrogens is 1. The monoisotopic (exact) mass is 417 g/mol. The number of thiazole rings is 1. The third kappa shape index (κ3) is 4.65. The fraction of sp³-hybridized carbons (Fsp3) is 0.385. The molecule has 2 unspecified atom stereocenters. The van der Waals surface area contributed by atoms with Crippen molar-refractivity contribution in [2.45, 2.75) is 23.9 Å². The third-order valence-electron chi connectivity index (χ3n) is 3.48. The third-order valence-corrected chi connectivity index (χ3v) is 4.80. The van der Waals surface area contributed by atoms with Crippen LogP contribution in [0.1, 0.15) is 12.1 Å². The SMILES string of the molecule is CN1C(=O)C(NC(=O)/C(=N\OC(CC(=O)O)C(=O)O)c2csc(N)n2)[C@H]1S. The molecular formula is C13H15N5O7S2. The Balaban J connectivity index is 2.23. The zero-order valence-corrected chi connectivity index (χ0v) is 15.4. The number of amides is 2. The number of carboxylic acid groups (broad SMARTS) is 2. The number of likely N-dealkylation sites (N-methyl/N-ethyl adjacent to an activating group) is 1. The van der Waals surface area contributed by atoms with E-state index in [1.807, 2.05) is 0 Å². The normalized spacial score (nSPS) is 20.6. The molecule has 0 bridgehead atoms. The highest BCUT2D eigenvalue weighted by Crippen LogP contribution is 2.21. The Morgan fingerprint density at radius 1 is 1.52 bits per heavy atom. The van der Waals surface area contributed by atoms with E-state index in [1.54, 1.807) is 0 Å². The van der Waals surface area contributed by atoms with Crippen molar-refractivity contribution >= 4 is 58.6 Å². The quantitative estimate of drug-likeness (QED) is 0.147. The van der Waals surface area contributed by atoms with Crippen molar-refractivity contribution in [2.24, 2.45) is 5.16 Å². The van der Waals surface area contributed by atoms with Gasteiger partial charge in [0.25, 0.3) is 5.91 Å². The number of anilines is 1. The molecule has 0 aliphatic carbocycles. The number of carbonyl (C=O) groups is 4. The summed E-state index contributed by atoms with van der Waals surface area (Å²) < 4.78 is 0. The van der Waals surface area contributed by atoms with Crippen LogP contribution in [0.15, 0.2) is 10.5 Å². The van der Waals surface area contributed by atoms with E-state index in [2.05, 4.69) is 28.1 Å². The molecule has 1 fully saturated rings. The largest absolute Gasteiger partial charge is 0.481 e. The average Bonchev–Trinajstić information content (AvgIpc) is 3.03. The lowest BCUT2D eigenvalue weighted by molar-refractivity contribution is -0.156. The Bertz CT molecular complexity index is 811. The van der Waals surface area contributed by atoms with Crippen LogP contribution in [0.4, 0.5) is 5.13 Å². The van der Waals surface area contributed by atoms with Gasteiger partial charge in [-0.05, 0) is 0 Å². The second-order valence-electron chi connectivity index (χ2n) is 5.35. The molecule has 2 rings (SSSR count). The summed E-state index contributed by atoms with van der Waals surface area (Å²) >= 11 is 5.15. The molecule has 0 spiro atoms. The molecule has 1 aliphatic rings. The summed E-state index contributed by atoms with van der Waals surface area (Å²) in [4.78, 5) is 55.9. The lowest BCUT2D eigenvalue weighted by Crippen LogP contribution is -2.67. The maximum absolute atomic E-state index is 12.5. The van der Waals surface area contributed by atoms with Crippen LogP contribution >= 0.6 is 24.0 Å². The van der Waals surface area contributed by atoms with Crippen LogP contribution in [0.25, 0.3) is 0 Å². The molecule has 0 saturated carbocycles. The molecule has 146 valence electrons. The molecule has 1 aliphatic heterocycles. The first kappa shape index (κ1) is 20.4. The molecule has 1 saturated heterocycles. The number of nitrogens with one attached hydrogen (secondary N) is 1. The van der Waals surface area contributed by atoms with E-state index in [9.17, 15) is 19.2 Å². The number of rotatable bonds is 8. The van der Waals surface area contributed by atoms with Crippen LogP contribution < -0.4 is 11.1 Å². The second-order valence-corrected chi connectivity index (χ2v) is 6.77. The molecule has 5 N–H and O–H groups in total. The first-order valence-electron chi connectivity index (χ1n) is 7.27. The van der Waals surface area contributed by atoms with Crippen molar-refractivity contribution < 1.29 is 34.2 Å². The topological polar surface area (TPSA) is 185 Å². The highest BCUT2D eigenvalue weighted by molar-refractivity contribution is 7.81. The van der Waals surface area contributed by atoms with Gasteiger partial charge in [-0.3, -0.25) is 14.4 Å². The molecule has 12 nitrogen and oxygen atoms in total. The van der Waals surface area contributed by atoms with Crippen molar-refractivity contribution in [1.82, 2.24) is 15.2 Å². The number of nitrogens with zero attached hydrogens (tertiary/aromatic N) is 3. The molecule has 27 heavy (non-hydrogen) atoms. The maximum atomic E-state index is 12.5. The smallest absolute Gasteiger partial charge is 0.348 e. The molecule has 2 heterocycles. The van der Waals surface area contributed by atoms with E-state index in [0.29, 0.717) is 0 Å². The first-order valence-corrected chi connectivity index (χ1v) is 8.66. The van der Waals surface area contributed by atoms with E-state index < -0.39 is 47.5 Å². The zero-order chi connectivity index (χ0) is 20.3. The number of carboxylic acids is 2. The number of oxime groups is 1. The number of aliphatic carboxylic acids is 2. The number of hydrogen-bond acceptors (Lipinski definition) is 10. The lowest BCUT2D eigenvalue weighted by Gasteiger charge is -2.41. The van der Waals surface area contributed by atoms with Crippen molar-refractivity contribution in [3.05, 3.63) is 11.1 Å². The minimum Gasteiger partial charge on any atom is -0.481 e. The molecule has 2 amide bonds. The van der Waals surface area contributed by atoms with Gasteiger partial charge in [0.15, 0.2) is 10.8 Å². The minimum absolute atomic E-state index is 0.0229. The summed E-state index contributed by atoms with van der Waals surface area (Å²) in [5, 5.41) is 24.5. The summed E-state index contributed by atoms with van der Waals surface area (Å²) in [5.41, 5.74) is 5.04. The summed E-state index contributed by atoms with van der Waals surface area (Å²) in [6.45, 7) is 0. The highest BCUT2D eigenvalue weighted by atomic mass is 32.1. The van der Waals surface area contributed by atoms with Gasteiger partial charge in [-0.15, -0.1) is 11.3 Å². The molecule has 0 aromatic carbocycles. The van der Waals surface area contributed by atoms with E-state index in [-0.39, 0.29) is 16.7 Å². The fourth-order valence-electron chi connectivity index (χ4n) is 2.01. The molecular weight excluding hydrogens is 402 g/mol. The standard InChI is InChI=1S/C13H15N5O7S2/c1-18-10(22)8(11(18)26)16-9(21)7(4-3-27-13(14)15-4)17-25-5(12(23)24)2-6(19)20/h3,5,8,11,26H,2H2,1H3,(H2,14,15)(H,16,21)(H,19,20)(H,23,24)/b17-7-/t5?,8?,11-/m1/s1. The van der Waals surface area contributed by atoms with Crippen LogP contribution in [0, 0.1) is 0 Å². The van der Waals surface area contributed by atoms with Gasteiger partial charge in [0.1, 0.15) is 17.1 Å². The second kappa shape index (κ2) is 8.22. The van der Waals surface area contributed by atoms with Gasteiger partial charge < -0.3 is 31.0 Å². The number of β-lactam (4-membered cyclic amide) rings is 1. The van der Waals surface area contributed by atoms with Gasteiger partial charge in [-0.1, -0.05) is 5.16 Å². The van der Waals surface area contributed by atoms with Gasteiger partial charge in [0.05, 0.1) is 6.42 Å². The summed E-state index contributed by atoms with van der Waals surface area (Å²) in [6.07, 6.45) is -2.70. The number of carbonyl (C=O) groups excluding carboxylic acids is 2. The van der Waals surface area contributed by atoms with Gasteiger partial charge in [0.2, 0.25) is 12.0 Å². The van der Waals surface area contributed by atoms with E-state index in [0.717, 1.165) is 11.3 Å². The van der Waals surface area contributed by atoms with Gasteiger partial charge in [0, 0.05) is 12.4 Å². The van der Waals surface area contributed by atoms with Gasteiger partial charge in [-0.25, -0.2) is 9.78 Å². The van der Waals surface area contributed by atoms with Crippen molar-refractivity contribution in [1.29, 1.82) is 0 Å². The number of nitrogen functional groups attached to an aromatic ring is 1. The van der Waals surface area contributed by atoms with Crippen LogP contribution in [0.5, 0.6) is 0 Å². The predicted molar refractivity (Wildman–Crippen MR) is 95.3 cm³/mol. The Morgan fingerprint density at radius 2 is 2.19 bits per heavy atom. The van der Waals surface area contributed by atoms with Crippen molar-refractivity contribution in [2.75, 3.05) is 12.8 Å². The number of hydrogen-bond donors (Lipinski definition) is 5. The van der Waals surface area contributed by atoms with E-state index >= 15 is 0 Å². The Kier molecular flexibility index (Phi) is 6.22. The summed E-state index contributed by atoms with van der Waals surface area (Å²) in [5.74, 6) is -4.27. The Hall–Kier alpha value is -2.87. The maximum Gasteiger partial charge on any atom is 0.348 e. The minimum atomic E-state index is -1.82. The van der Waals surface area contributed by atoms with Crippen LogP contribution in [0.2, 0.25) is 0 Å². The number of likely N-dealkylation sites (tertiary alicyclic amines) is 1. The average molecular weight is 417 g/mol. The summed E-state index contributed by atoms with van der Waals surface area (Å²) in [7, 11) is 1.51. The number of nitrogens with two attached hydrogens (primary N) is 1. The molecule has 0 radical (unpaired) electrons. The van der Waals surface area contributed by atoms with Crippen LogP contribution in [0.3, 0.4) is 0 Å². The Labute approximate surface area is 161 Å². The summed E-state index contributed by atoms with van der Waals surface area (Å²) in [6, 6.07) is -0.915. The molecule has 1 aromatic rings. The zero-order valence-electron chi connectivity index (χ0n) is 13.7. The predicted octanol–water partition coefficient (Wildman–Crippen LogP) is -1.41. The lowest BCUT2D eigenvalue weighted by atomic mass is 10.1. The molecule has 14 heteroatoms. The first-order chi connectivity index (χ1) is 12.6. The van der Waals surface area contributed by atoms with Gasteiger partial charge >= 0.3 is 11.9 Å². The van der Waals surface area contributed by atoms with Crippen LogP contribution in [-0.4, -0.2) is 74.1 Å². The molecule has 3 atom stereocenters. The van der Waals surface area contributed by atoms with Crippen molar-refractivity contribution in [3.8, 4) is 0 Å². The van der Waals surface area contributed by atoms with E-state index in [4.69, 9.17) is 20.8 Å².